The molecule has 0 radical (unpaired) electrons. The standard InChI is InChI=1S/C13H17NO6P/c1-8(2)19-13(15)9(3)14-21(16)20-11-6-4-5-10-12(11)18-7-17-10/h4-6,8-9H,7H2,1-3H3,(H,14,16)/q+1/t9-/m0/s1. The van der Waals surface area contributed by atoms with Crippen LogP contribution in [0.2, 0.25) is 0 Å². The van der Waals surface area contributed by atoms with Crippen molar-refractivity contribution in [3.63, 3.8) is 0 Å². The zero-order chi connectivity index (χ0) is 15.4. The van der Waals surface area contributed by atoms with Crippen LogP contribution in [0.25, 0.3) is 0 Å². The number of carbonyl (C=O) groups is 1. The van der Waals surface area contributed by atoms with Gasteiger partial charge in [-0.3, -0.25) is 4.79 Å². The van der Waals surface area contributed by atoms with E-state index in [9.17, 15) is 9.36 Å². The first-order valence-electron chi connectivity index (χ1n) is 6.48. The number of nitrogens with one attached hydrogen (secondary N) is 1. The Labute approximate surface area is 123 Å². The van der Waals surface area contributed by atoms with Crippen LogP contribution in [-0.2, 0) is 14.1 Å². The van der Waals surface area contributed by atoms with Crippen LogP contribution < -0.4 is 19.1 Å². The topological polar surface area (TPSA) is 83.1 Å². The molecule has 21 heavy (non-hydrogen) atoms. The molecule has 0 aliphatic carbocycles. The summed E-state index contributed by atoms with van der Waals surface area (Å²) in [6.45, 7) is 5.13. The molecule has 1 unspecified atom stereocenters. The zero-order valence-electron chi connectivity index (χ0n) is 12.0. The Morgan fingerprint density at radius 1 is 1.33 bits per heavy atom. The smallest absolute Gasteiger partial charge is 0.462 e. The van der Waals surface area contributed by atoms with E-state index in [0.29, 0.717) is 17.2 Å². The lowest BCUT2D eigenvalue weighted by Gasteiger charge is -2.10. The Kier molecular flexibility index (Phi) is 4.98. The van der Waals surface area contributed by atoms with Gasteiger partial charge in [0.05, 0.1) is 6.10 Å². The molecule has 1 aliphatic rings. The fourth-order valence-corrected chi connectivity index (χ4v) is 2.43. The average Bonchev–Trinajstić information content (AvgIpc) is 2.87. The van der Waals surface area contributed by atoms with Crippen LogP contribution in [0.4, 0.5) is 0 Å². The maximum Gasteiger partial charge on any atom is 0.664 e. The predicted molar refractivity (Wildman–Crippen MR) is 74.6 cm³/mol. The van der Waals surface area contributed by atoms with E-state index in [4.69, 9.17) is 18.7 Å². The lowest BCUT2D eigenvalue weighted by atomic mass is 10.3. The van der Waals surface area contributed by atoms with Crippen LogP contribution in [0.1, 0.15) is 20.8 Å². The third kappa shape index (κ3) is 4.06. The van der Waals surface area contributed by atoms with Crippen LogP contribution in [0.15, 0.2) is 18.2 Å². The van der Waals surface area contributed by atoms with Crippen LogP contribution in [-0.4, -0.2) is 24.9 Å². The van der Waals surface area contributed by atoms with Gasteiger partial charge in [-0.15, -0.1) is 0 Å². The molecule has 0 spiro atoms. The van der Waals surface area contributed by atoms with E-state index in [0.717, 1.165) is 0 Å². The summed E-state index contributed by atoms with van der Waals surface area (Å²) in [5.41, 5.74) is 0. The maximum absolute atomic E-state index is 11.9. The molecule has 0 saturated carbocycles. The maximum atomic E-state index is 11.9. The van der Waals surface area contributed by atoms with Gasteiger partial charge in [0, 0.05) is 4.57 Å². The summed E-state index contributed by atoms with van der Waals surface area (Å²) in [6, 6.07) is 4.28. The van der Waals surface area contributed by atoms with Gasteiger partial charge in [-0.05, 0) is 32.9 Å². The molecular weight excluding hydrogens is 297 g/mol. The van der Waals surface area contributed by atoms with Crippen LogP contribution in [0.5, 0.6) is 17.2 Å². The molecule has 8 heteroatoms. The molecule has 0 saturated heterocycles. The molecule has 1 N–H and O–H groups in total. The van der Waals surface area contributed by atoms with Gasteiger partial charge < -0.3 is 14.2 Å². The SMILES string of the molecule is CC(C)OC(=O)[C@H](C)N[P+](=O)Oc1cccc2c1OCO2. The van der Waals surface area contributed by atoms with Crippen LogP contribution >= 0.6 is 8.18 Å². The number of hydrogen-bond acceptors (Lipinski definition) is 6. The zero-order valence-corrected chi connectivity index (χ0v) is 12.9. The third-order valence-electron chi connectivity index (χ3n) is 2.55. The first-order valence-corrected chi connectivity index (χ1v) is 7.65. The molecule has 0 aromatic heterocycles. The molecule has 1 heterocycles. The minimum absolute atomic E-state index is 0.0943. The minimum atomic E-state index is -2.30. The molecule has 114 valence electrons. The molecule has 0 amide bonds. The fourth-order valence-electron chi connectivity index (χ4n) is 1.64. The van der Waals surface area contributed by atoms with Crippen molar-refractivity contribution < 1.29 is 28.1 Å². The molecule has 1 aromatic carbocycles. The predicted octanol–water partition coefficient (Wildman–Crippen LogP) is 2.38. The first kappa shape index (κ1) is 15.5. The van der Waals surface area contributed by atoms with Gasteiger partial charge in [0.15, 0.2) is 5.75 Å². The van der Waals surface area contributed by atoms with Crippen molar-refractivity contribution in [3.05, 3.63) is 18.2 Å². The van der Waals surface area contributed by atoms with Crippen molar-refractivity contribution in [1.82, 2.24) is 5.09 Å². The summed E-state index contributed by atoms with van der Waals surface area (Å²) >= 11 is 0. The second-order valence-corrected chi connectivity index (χ2v) is 5.63. The van der Waals surface area contributed by atoms with E-state index in [1.54, 1.807) is 39.0 Å². The Balaban J connectivity index is 1.93. The van der Waals surface area contributed by atoms with E-state index in [2.05, 4.69) is 5.09 Å². The van der Waals surface area contributed by atoms with Gasteiger partial charge in [0.1, 0.15) is 6.04 Å². The van der Waals surface area contributed by atoms with Crippen molar-refractivity contribution in [1.29, 1.82) is 0 Å². The highest BCUT2D eigenvalue weighted by molar-refractivity contribution is 7.37. The van der Waals surface area contributed by atoms with Gasteiger partial charge in [0.25, 0.3) is 0 Å². The molecule has 2 rings (SSSR count). The minimum Gasteiger partial charge on any atom is -0.462 e. The average molecular weight is 314 g/mol. The highest BCUT2D eigenvalue weighted by Crippen LogP contribution is 2.43. The largest absolute Gasteiger partial charge is 0.664 e. The van der Waals surface area contributed by atoms with Crippen molar-refractivity contribution >= 4 is 14.1 Å². The quantitative estimate of drug-likeness (QED) is 0.637. The van der Waals surface area contributed by atoms with Crippen molar-refractivity contribution in [2.75, 3.05) is 6.79 Å². The normalized spacial score (nSPS) is 14.8. The van der Waals surface area contributed by atoms with Crippen LogP contribution in [0, 0.1) is 0 Å². The Morgan fingerprint density at radius 2 is 2.10 bits per heavy atom. The number of esters is 1. The number of ether oxygens (including phenoxy) is 3. The molecule has 1 aliphatic heterocycles. The highest BCUT2D eigenvalue weighted by atomic mass is 31.1. The Hall–Kier alpha value is -1.85. The van der Waals surface area contributed by atoms with Crippen molar-refractivity contribution in [2.45, 2.75) is 32.9 Å². The Morgan fingerprint density at radius 3 is 2.81 bits per heavy atom. The van der Waals surface area contributed by atoms with Gasteiger partial charge in [-0.2, -0.15) is 0 Å². The van der Waals surface area contributed by atoms with E-state index < -0.39 is 20.2 Å². The Bertz CT molecular complexity index is 547. The molecule has 2 atom stereocenters. The molecular formula is C13H17NO6P+. The van der Waals surface area contributed by atoms with Crippen molar-refractivity contribution in [3.8, 4) is 17.2 Å². The van der Waals surface area contributed by atoms with E-state index in [1.165, 1.54) is 0 Å². The molecule has 1 aromatic rings. The summed E-state index contributed by atoms with van der Waals surface area (Å²) in [4.78, 5) is 11.6. The number of rotatable bonds is 6. The summed E-state index contributed by atoms with van der Waals surface area (Å²) < 4.78 is 32.6. The number of benzene rings is 1. The number of hydrogen-bond donors (Lipinski definition) is 1. The summed E-state index contributed by atoms with van der Waals surface area (Å²) in [5.74, 6) is 0.737. The van der Waals surface area contributed by atoms with Crippen LogP contribution in [0.3, 0.4) is 0 Å². The fraction of sp³-hybridized carbons (Fsp3) is 0.462. The number of carbonyl (C=O) groups excluding carboxylic acids is 1. The van der Waals surface area contributed by atoms with Crippen molar-refractivity contribution in [2.24, 2.45) is 0 Å². The first-order chi connectivity index (χ1) is 9.97. The monoisotopic (exact) mass is 314 g/mol. The summed E-state index contributed by atoms with van der Waals surface area (Å²) in [7, 11) is -2.30. The van der Waals surface area contributed by atoms with Gasteiger partial charge >= 0.3 is 14.1 Å². The van der Waals surface area contributed by atoms with E-state index in [-0.39, 0.29) is 12.9 Å². The molecule has 7 nitrogen and oxygen atoms in total. The number of para-hydroxylation sites is 1. The number of fused-ring (bicyclic) bond motifs is 1. The highest BCUT2D eigenvalue weighted by Gasteiger charge is 2.31. The second-order valence-electron chi connectivity index (χ2n) is 4.67. The van der Waals surface area contributed by atoms with Gasteiger partial charge in [-0.1, -0.05) is 11.2 Å². The van der Waals surface area contributed by atoms with E-state index in [1.807, 2.05) is 0 Å². The lowest BCUT2D eigenvalue weighted by molar-refractivity contribution is -0.148. The molecule has 0 fully saturated rings. The van der Waals surface area contributed by atoms with E-state index >= 15 is 0 Å². The van der Waals surface area contributed by atoms with Gasteiger partial charge in [-0.25, -0.2) is 4.52 Å². The lowest BCUT2D eigenvalue weighted by Crippen LogP contribution is -2.33. The summed E-state index contributed by atoms with van der Waals surface area (Å²) in [6.07, 6.45) is -0.233. The second kappa shape index (κ2) is 6.74. The third-order valence-corrected chi connectivity index (χ3v) is 3.51. The van der Waals surface area contributed by atoms with Gasteiger partial charge in [0.2, 0.25) is 18.3 Å². The summed E-state index contributed by atoms with van der Waals surface area (Å²) in [5, 5.41) is 2.54. The molecule has 0 bridgehead atoms.